The molecule has 1 aliphatic rings. The fraction of sp³-hybridized carbons (Fsp3) is 0.500. The molecule has 0 aliphatic carbocycles. The van der Waals surface area contributed by atoms with Crippen molar-refractivity contribution >= 4 is 10.1 Å². The van der Waals surface area contributed by atoms with Crippen LogP contribution < -0.4 is 0 Å². The molecule has 9 heteroatoms. The quantitative estimate of drug-likeness (QED) is 0.429. The molecule has 0 spiro atoms. The topological polar surface area (TPSA) is 134 Å². The predicted molar refractivity (Wildman–Crippen MR) is 87.1 cm³/mol. The zero-order valence-corrected chi connectivity index (χ0v) is 14.8. The highest BCUT2D eigenvalue weighted by Crippen LogP contribution is 2.30. The van der Waals surface area contributed by atoms with E-state index >= 15 is 0 Å². The van der Waals surface area contributed by atoms with Crippen molar-refractivity contribution in [3.63, 3.8) is 0 Å². The molecule has 2 rings (SSSR count). The van der Waals surface area contributed by atoms with Gasteiger partial charge < -0.3 is 25.2 Å². The average molecular weight is 374 g/mol. The number of aryl methyl sites for hydroxylation is 1. The second-order valence-corrected chi connectivity index (χ2v) is 7.71. The van der Waals surface area contributed by atoms with E-state index < -0.39 is 46.6 Å². The molecule has 8 nitrogen and oxygen atoms in total. The number of hydrogen-bond donors (Lipinski definition) is 4. The fourth-order valence-corrected chi connectivity index (χ4v) is 3.50. The summed E-state index contributed by atoms with van der Waals surface area (Å²) in [7, 11) is -4.29. The Morgan fingerprint density at radius 1 is 1.20 bits per heavy atom. The maximum absolute atomic E-state index is 12.4. The molecule has 1 aromatic carbocycles. The molecule has 1 fully saturated rings. The minimum Gasteiger partial charge on any atom is -0.510 e. The van der Waals surface area contributed by atoms with E-state index in [0.717, 1.165) is 5.56 Å². The Labute approximate surface area is 146 Å². The van der Waals surface area contributed by atoms with E-state index in [4.69, 9.17) is 8.92 Å². The van der Waals surface area contributed by atoms with Crippen LogP contribution >= 0.6 is 0 Å². The highest BCUT2D eigenvalue weighted by atomic mass is 32.2. The molecule has 1 aromatic rings. The Morgan fingerprint density at radius 2 is 1.76 bits per heavy atom. The largest absolute Gasteiger partial charge is 0.510 e. The van der Waals surface area contributed by atoms with Gasteiger partial charge in [-0.3, -0.25) is 4.18 Å². The molecule has 1 heterocycles. The van der Waals surface area contributed by atoms with E-state index in [1.165, 1.54) is 26.0 Å². The third kappa shape index (κ3) is 4.20. The number of allylic oxidation sites excluding steroid dienone is 1. The van der Waals surface area contributed by atoms with E-state index in [1.807, 2.05) is 0 Å². The van der Waals surface area contributed by atoms with Crippen LogP contribution in [0.15, 0.2) is 40.5 Å². The van der Waals surface area contributed by atoms with E-state index in [1.54, 1.807) is 19.1 Å². The van der Waals surface area contributed by atoms with Crippen LogP contribution in [0.4, 0.5) is 0 Å². The maximum Gasteiger partial charge on any atom is 0.297 e. The van der Waals surface area contributed by atoms with Crippen molar-refractivity contribution < 1.29 is 37.8 Å². The Balaban J connectivity index is 2.30. The lowest BCUT2D eigenvalue weighted by atomic mass is 10.0. The molecule has 1 aliphatic heterocycles. The van der Waals surface area contributed by atoms with Crippen molar-refractivity contribution in [3.8, 4) is 0 Å². The van der Waals surface area contributed by atoms with E-state index in [2.05, 4.69) is 0 Å². The van der Waals surface area contributed by atoms with Gasteiger partial charge in [0.05, 0.1) is 4.90 Å². The van der Waals surface area contributed by atoms with E-state index in [-0.39, 0.29) is 4.90 Å². The summed E-state index contributed by atoms with van der Waals surface area (Å²) in [6.45, 7) is 4.84. The first-order valence-corrected chi connectivity index (χ1v) is 9.01. The van der Waals surface area contributed by atoms with Crippen LogP contribution in [-0.4, -0.2) is 59.5 Å². The third-order valence-electron chi connectivity index (χ3n) is 3.90. The zero-order valence-electron chi connectivity index (χ0n) is 14.0. The first kappa shape index (κ1) is 19.8. The van der Waals surface area contributed by atoms with Crippen molar-refractivity contribution in [1.82, 2.24) is 0 Å². The standard InChI is InChI=1S/C16H22O8S/c1-8(2)11(17)12(18)14-15(13(19)16(20)23-14)24-25(21,22)10-6-4-9(3)5-7-10/h4-7,12-20H,1-3H3/t12-,13-,14-,15+,16+/m1/s1. The maximum atomic E-state index is 12.4. The van der Waals surface area contributed by atoms with Crippen LogP contribution in [0.1, 0.15) is 19.4 Å². The molecule has 4 N–H and O–H groups in total. The van der Waals surface area contributed by atoms with E-state index in [0.29, 0.717) is 5.57 Å². The Bertz CT molecular complexity index is 736. The summed E-state index contributed by atoms with van der Waals surface area (Å²) >= 11 is 0. The van der Waals surface area contributed by atoms with Crippen molar-refractivity contribution in [1.29, 1.82) is 0 Å². The van der Waals surface area contributed by atoms with Crippen LogP contribution in [-0.2, 0) is 19.0 Å². The summed E-state index contributed by atoms with van der Waals surface area (Å²) in [5.41, 5.74) is 1.22. The van der Waals surface area contributed by atoms with Crippen molar-refractivity contribution in [2.75, 3.05) is 0 Å². The highest BCUT2D eigenvalue weighted by Gasteiger charge is 2.50. The van der Waals surface area contributed by atoms with Crippen LogP contribution in [0.5, 0.6) is 0 Å². The average Bonchev–Trinajstić information content (AvgIpc) is 2.81. The molecule has 0 bridgehead atoms. The van der Waals surface area contributed by atoms with Crippen LogP contribution in [0.3, 0.4) is 0 Å². The van der Waals surface area contributed by atoms with Gasteiger partial charge in [-0.05, 0) is 38.5 Å². The van der Waals surface area contributed by atoms with Gasteiger partial charge in [0, 0.05) is 0 Å². The van der Waals surface area contributed by atoms with Crippen LogP contribution in [0, 0.1) is 6.92 Å². The summed E-state index contributed by atoms with van der Waals surface area (Å²) in [6.07, 6.45) is -8.22. The molecule has 0 saturated carbocycles. The molecule has 0 amide bonds. The summed E-state index contributed by atoms with van der Waals surface area (Å²) < 4.78 is 34.8. The normalized spacial score (nSPS) is 27.9. The summed E-state index contributed by atoms with van der Waals surface area (Å²) in [4.78, 5) is -0.147. The summed E-state index contributed by atoms with van der Waals surface area (Å²) in [5.74, 6) is -0.451. The van der Waals surface area contributed by atoms with E-state index in [9.17, 15) is 28.8 Å². The van der Waals surface area contributed by atoms with Gasteiger partial charge in [-0.15, -0.1) is 0 Å². The Morgan fingerprint density at radius 3 is 2.28 bits per heavy atom. The number of aliphatic hydroxyl groups excluding tert-OH is 4. The van der Waals surface area contributed by atoms with Gasteiger partial charge in [0.25, 0.3) is 10.1 Å². The fourth-order valence-electron chi connectivity index (χ4n) is 2.40. The molecule has 25 heavy (non-hydrogen) atoms. The lowest BCUT2D eigenvalue weighted by Crippen LogP contribution is -2.43. The Hall–Kier alpha value is -1.49. The molecule has 1 saturated heterocycles. The Kier molecular flexibility index (Phi) is 5.87. The molecule has 140 valence electrons. The zero-order chi connectivity index (χ0) is 18.9. The van der Waals surface area contributed by atoms with Crippen molar-refractivity contribution in [3.05, 3.63) is 41.2 Å². The van der Waals surface area contributed by atoms with Gasteiger partial charge in [0.2, 0.25) is 0 Å². The van der Waals surface area contributed by atoms with Crippen molar-refractivity contribution in [2.24, 2.45) is 0 Å². The second kappa shape index (κ2) is 7.40. The summed E-state index contributed by atoms with van der Waals surface area (Å²) in [6, 6.07) is 5.83. The van der Waals surface area contributed by atoms with Gasteiger partial charge in [-0.2, -0.15) is 8.42 Å². The van der Waals surface area contributed by atoms with Crippen LogP contribution in [0.25, 0.3) is 0 Å². The lowest BCUT2D eigenvalue weighted by Gasteiger charge is -2.24. The van der Waals surface area contributed by atoms with Crippen molar-refractivity contribution in [2.45, 2.75) is 56.4 Å². The molecule has 0 aromatic heterocycles. The molecule has 0 unspecified atom stereocenters. The lowest BCUT2D eigenvalue weighted by molar-refractivity contribution is -0.144. The van der Waals surface area contributed by atoms with Gasteiger partial charge in [-0.1, -0.05) is 17.7 Å². The number of hydrogen-bond acceptors (Lipinski definition) is 8. The number of aliphatic hydroxyl groups is 4. The van der Waals surface area contributed by atoms with Gasteiger partial charge in [0.15, 0.2) is 6.29 Å². The summed E-state index contributed by atoms with van der Waals surface area (Å²) in [5, 5.41) is 39.7. The predicted octanol–water partition coefficient (Wildman–Crippen LogP) is 0.360. The second-order valence-electron chi connectivity index (χ2n) is 6.14. The van der Waals surface area contributed by atoms with Gasteiger partial charge in [-0.25, -0.2) is 0 Å². The SMILES string of the molecule is CC(C)=C(O)[C@@H](O)[C@H]1O[C@H](O)[C@H](O)[C@@H]1OS(=O)(=O)c1ccc(C)cc1. The number of benzene rings is 1. The number of ether oxygens (including phenoxy) is 1. The minimum absolute atomic E-state index is 0.147. The number of rotatable bonds is 5. The first-order valence-electron chi connectivity index (χ1n) is 7.60. The monoisotopic (exact) mass is 374 g/mol. The highest BCUT2D eigenvalue weighted by molar-refractivity contribution is 7.86. The first-order chi connectivity index (χ1) is 11.5. The van der Waals surface area contributed by atoms with Gasteiger partial charge in [0.1, 0.15) is 30.2 Å². The minimum atomic E-state index is -4.29. The molecular formula is C16H22O8S. The third-order valence-corrected chi connectivity index (χ3v) is 5.23. The van der Waals surface area contributed by atoms with Gasteiger partial charge >= 0.3 is 0 Å². The smallest absolute Gasteiger partial charge is 0.297 e. The molecular weight excluding hydrogens is 352 g/mol. The molecule has 5 atom stereocenters. The van der Waals surface area contributed by atoms with Crippen LogP contribution in [0.2, 0.25) is 0 Å². The molecule has 0 radical (unpaired) electrons.